The lowest BCUT2D eigenvalue weighted by molar-refractivity contribution is 0.760. The molecular weight excluding hydrogens is 302 g/mol. The lowest BCUT2D eigenvalue weighted by atomic mass is 10.2. The average molecular weight is 324 g/mol. The van der Waals surface area contributed by atoms with Crippen LogP contribution in [0.15, 0.2) is 29.2 Å². The van der Waals surface area contributed by atoms with Crippen molar-refractivity contribution in [1.82, 2.24) is 9.97 Å². The maximum Gasteiger partial charge on any atom is 0.152 e. The maximum absolute atomic E-state index is 6.20. The van der Waals surface area contributed by atoms with Gasteiger partial charge >= 0.3 is 0 Å². The van der Waals surface area contributed by atoms with Gasteiger partial charge in [0.05, 0.1) is 12.2 Å². The van der Waals surface area contributed by atoms with E-state index < -0.39 is 0 Å². The van der Waals surface area contributed by atoms with Crippen LogP contribution in [0.2, 0.25) is 5.15 Å². The number of hydrogen-bond donors (Lipinski definition) is 2. The number of unbranched alkanes of at least 4 members (excludes halogenated alkanes) is 1. The molecule has 2 aromatic rings. The Labute approximate surface area is 135 Å². The number of halogens is 1. The summed E-state index contributed by atoms with van der Waals surface area (Å²) in [7, 11) is 0. The molecule has 0 spiro atoms. The summed E-state index contributed by atoms with van der Waals surface area (Å²) in [6.45, 7) is 5.00. The summed E-state index contributed by atoms with van der Waals surface area (Å²) in [6, 6.07) is 8.34. The number of nitrogens with zero attached hydrogens (tertiary/aromatic N) is 1. The van der Waals surface area contributed by atoms with Gasteiger partial charge in [0.1, 0.15) is 5.82 Å². The van der Waals surface area contributed by atoms with Crippen molar-refractivity contribution in [3.05, 3.63) is 40.9 Å². The van der Waals surface area contributed by atoms with Crippen molar-refractivity contribution >= 4 is 29.1 Å². The number of aromatic nitrogens is 2. The van der Waals surface area contributed by atoms with Crippen molar-refractivity contribution in [1.29, 1.82) is 0 Å². The van der Waals surface area contributed by atoms with Gasteiger partial charge in [-0.1, -0.05) is 44.0 Å². The molecule has 2 N–H and O–H groups in total. The fourth-order valence-electron chi connectivity index (χ4n) is 2.10. The molecule has 0 aliphatic carbocycles. The Balaban J connectivity index is 2.01. The molecule has 0 aliphatic heterocycles. The van der Waals surface area contributed by atoms with Gasteiger partial charge in [-0.2, -0.15) is 0 Å². The Morgan fingerprint density at radius 1 is 1.29 bits per heavy atom. The van der Waals surface area contributed by atoms with Crippen LogP contribution in [0.1, 0.15) is 38.2 Å². The summed E-state index contributed by atoms with van der Waals surface area (Å²) in [5.41, 5.74) is 2.10. The molecule has 1 aromatic heterocycles. The summed E-state index contributed by atoms with van der Waals surface area (Å²) >= 11 is 8.04. The van der Waals surface area contributed by atoms with Crippen molar-refractivity contribution in [2.75, 3.05) is 11.1 Å². The fourth-order valence-corrected chi connectivity index (χ4v) is 3.09. The number of hydrogen-bond acceptors (Lipinski definition) is 3. The highest BCUT2D eigenvalue weighted by Crippen LogP contribution is 2.27. The topological polar surface area (TPSA) is 40.7 Å². The molecule has 114 valence electrons. The van der Waals surface area contributed by atoms with Crippen LogP contribution in [0.5, 0.6) is 0 Å². The Morgan fingerprint density at radius 2 is 2.10 bits per heavy atom. The van der Waals surface area contributed by atoms with Gasteiger partial charge in [0, 0.05) is 17.0 Å². The molecular formula is C16H22ClN3S. The molecule has 0 aliphatic rings. The van der Waals surface area contributed by atoms with Crippen LogP contribution < -0.4 is 5.32 Å². The number of para-hydroxylation sites is 1. The smallest absolute Gasteiger partial charge is 0.152 e. The second-order valence-electron chi connectivity index (χ2n) is 4.84. The van der Waals surface area contributed by atoms with Crippen LogP contribution in [0, 0.1) is 0 Å². The first kappa shape index (κ1) is 16.2. The molecule has 0 saturated carbocycles. The van der Waals surface area contributed by atoms with Gasteiger partial charge in [-0.05, 0) is 24.3 Å². The number of aromatic amines is 1. The lowest BCUT2D eigenvalue weighted by Gasteiger charge is -2.10. The molecule has 2 rings (SSSR count). The number of thioether (sulfide) groups is 1. The largest absolute Gasteiger partial charge is 0.378 e. The van der Waals surface area contributed by atoms with Gasteiger partial charge in [-0.15, -0.1) is 11.8 Å². The predicted octanol–water partition coefficient (Wildman–Crippen LogP) is 5.13. The van der Waals surface area contributed by atoms with Gasteiger partial charge in [-0.25, -0.2) is 4.98 Å². The Morgan fingerprint density at radius 3 is 2.86 bits per heavy atom. The van der Waals surface area contributed by atoms with Crippen LogP contribution in [0.3, 0.4) is 0 Å². The monoisotopic (exact) mass is 323 g/mol. The first-order chi connectivity index (χ1) is 10.2. The number of benzene rings is 1. The third-order valence-corrected chi connectivity index (χ3v) is 4.46. The van der Waals surface area contributed by atoms with E-state index in [1.54, 1.807) is 0 Å². The molecule has 0 unspecified atom stereocenters. The van der Waals surface area contributed by atoms with Crippen molar-refractivity contribution in [2.45, 2.75) is 44.6 Å². The zero-order chi connectivity index (χ0) is 15.1. The zero-order valence-electron chi connectivity index (χ0n) is 12.6. The van der Waals surface area contributed by atoms with E-state index in [2.05, 4.69) is 47.3 Å². The molecule has 3 nitrogen and oxygen atoms in total. The second kappa shape index (κ2) is 8.35. The highest BCUT2D eigenvalue weighted by atomic mass is 35.5. The quantitative estimate of drug-likeness (QED) is 0.662. The van der Waals surface area contributed by atoms with Crippen LogP contribution in [0.25, 0.3) is 0 Å². The lowest BCUT2D eigenvalue weighted by Crippen LogP contribution is -2.01. The van der Waals surface area contributed by atoms with Crippen molar-refractivity contribution in [2.24, 2.45) is 0 Å². The zero-order valence-corrected chi connectivity index (χ0v) is 14.2. The number of nitrogens with one attached hydrogen (secondary N) is 2. The molecule has 0 atom stereocenters. The second-order valence-corrected chi connectivity index (χ2v) is 6.50. The van der Waals surface area contributed by atoms with E-state index in [-0.39, 0.29) is 0 Å². The third-order valence-electron chi connectivity index (χ3n) is 3.19. The Kier molecular flexibility index (Phi) is 6.46. The van der Waals surface area contributed by atoms with E-state index >= 15 is 0 Å². The van der Waals surface area contributed by atoms with Gasteiger partial charge in [0.25, 0.3) is 0 Å². The summed E-state index contributed by atoms with van der Waals surface area (Å²) in [5, 5.41) is 4.03. The maximum atomic E-state index is 6.20. The minimum Gasteiger partial charge on any atom is -0.378 e. The highest BCUT2D eigenvalue weighted by Gasteiger charge is 2.09. The Bertz CT molecular complexity index is 568. The summed E-state index contributed by atoms with van der Waals surface area (Å²) in [4.78, 5) is 8.98. The highest BCUT2D eigenvalue weighted by molar-refractivity contribution is 7.99. The number of imidazole rings is 1. The van der Waals surface area contributed by atoms with E-state index in [1.165, 1.54) is 4.90 Å². The molecule has 0 bridgehead atoms. The van der Waals surface area contributed by atoms with E-state index in [9.17, 15) is 0 Å². The number of H-pyrrole nitrogens is 1. The Hall–Kier alpha value is -1.13. The molecule has 21 heavy (non-hydrogen) atoms. The van der Waals surface area contributed by atoms with Crippen molar-refractivity contribution in [3.8, 4) is 0 Å². The van der Waals surface area contributed by atoms with Gasteiger partial charge < -0.3 is 10.3 Å². The average Bonchev–Trinajstić information content (AvgIpc) is 2.85. The van der Waals surface area contributed by atoms with E-state index in [4.69, 9.17) is 11.6 Å². The molecule has 0 amide bonds. The van der Waals surface area contributed by atoms with E-state index in [0.29, 0.717) is 11.7 Å². The first-order valence-electron chi connectivity index (χ1n) is 7.43. The predicted molar refractivity (Wildman–Crippen MR) is 92.4 cm³/mol. The molecule has 5 heteroatoms. The molecule has 0 fully saturated rings. The molecule has 1 aromatic carbocycles. The van der Waals surface area contributed by atoms with Crippen molar-refractivity contribution < 1.29 is 0 Å². The number of aryl methyl sites for hydroxylation is 1. The first-order valence-corrected chi connectivity index (χ1v) is 8.79. The van der Waals surface area contributed by atoms with E-state index in [0.717, 1.165) is 42.2 Å². The van der Waals surface area contributed by atoms with Crippen molar-refractivity contribution in [3.63, 3.8) is 0 Å². The van der Waals surface area contributed by atoms with Crippen LogP contribution in [-0.2, 0) is 13.0 Å². The van der Waals surface area contributed by atoms with Crippen LogP contribution in [0.4, 0.5) is 5.69 Å². The van der Waals surface area contributed by atoms with Gasteiger partial charge in [0.15, 0.2) is 5.15 Å². The molecule has 0 saturated heterocycles. The summed E-state index contributed by atoms with van der Waals surface area (Å²) in [5.74, 6) is 2.04. The number of rotatable bonds is 8. The molecule has 0 radical (unpaired) electrons. The minimum absolute atomic E-state index is 0.578. The summed E-state index contributed by atoms with van der Waals surface area (Å²) in [6.07, 6.45) is 3.25. The van der Waals surface area contributed by atoms with Gasteiger partial charge in [-0.3, -0.25) is 0 Å². The standard InChI is InChI=1S/C16H22ClN3S/c1-3-5-10-15-19-13(16(17)20-15)11-18-12-8-6-7-9-14(12)21-4-2/h6-9,18H,3-5,10-11H2,1-2H3,(H,19,20). The normalized spacial score (nSPS) is 10.8. The third kappa shape index (κ3) is 4.68. The SMILES string of the molecule is CCCCc1nc(Cl)c(CNc2ccccc2SCC)[nH]1. The van der Waals surface area contributed by atoms with E-state index in [1.807, 2.05) is 17.8 Å². The van der Waals surface area contributed by atoms with Crippen LogP contribution in [-0.4, -0.2) is 15.7 Å². The van der Waals surface area contributed by atoms with Crippen LogP contribution >= 0.6 is 23.4 Å². The fraction of sp³-hybridized carbons (Fsp3) is 0.438. The number of anilines is 1. The summed E-state index contributed by atoms with van der Waals surface area (Å²) < 4.78 is 0. The minimum atomic E-state index is 0.578. The van der Waals surface area contributed by atoms with Gasteiger partial charge in [0.2, 0.25) is 0 Å². The molecule has 1 heterocycles.